The largest absolute Gasteiger partial charge is 0.464 e. The van der Waals surface area contributed by atoms with E-state index in [1.54, 1.807) is 0 Å². The SMILES string of the molecule is C#CCOC(=Nc1cc(Cl)cc(Cl)c1)C(=CN)C(F)(F)F. The number of benzene rings is 1. The molecule has 3 nitrogen and oxygen atoms in total. The molecular formula is C13H9Cl2F3N2O. The van der Waals surface area contributed by atoms with Crippen molar-refractivity contribution in [2.75, 3.05) is 6.61 Å². The molecule has 0 aromatic heterocycles. The lowest BCUT2D eigenvalue weighted by Crippen LogP contribution is -2.23. The molecule has 0 heterocycles. The first-order valence-electron chi connectivity index (χ1n) is 5.38. The van der Waals surface area contributed by atoms with Gasteiger partial charge in [0, 0.05) is 16.2 Å². The summed E-state index contributed by atoms with van der Waals surface area (Å²) in [5, 5.41) is 0.422. The van der Waals surface area contributed by atoms with Crippen molar-refractivity contribution in [2.45, 2.75) is 6.18 Å². The van der Waals surface area contributed by atoms with Crippen LogP contribution in [0.15, 0.2) is 35.0 Å². The number of hydrogen-bond donors (Lipinski definition) is 1. The molecule has 0 aliphatic rings. The van der Waals surface area contributed by atoms with E-state index in [-0.39, 0.29) is 15.7 Å². The van der Waals surface area contributed by atoms with Crippen LogP contribution in [0.3, 0.4) is 0 Å². The molecule has 0 bridgehead atoms. The molecule has 0 unspecified atom stereocenters. The summed E-state index contributed by atoms with van der Waals surface area (Å²) in [4.78, 5) is 3.72. The summed E-state index contributed by atoms with van der Waals surface area (Å²) in [5.41, 5.74) is 3.81. The zero-order valence-corrected chi connectivity index (χ0v) is 11.9. The number of alkyl halides is 3. The Bertz CT molecular complexity index is 599. The minimum atomic E-state index is -4.75. The van der Waals surface area contributed by atoms with Crippen molar-refractivity contribution >= 4 is 34.8 Å². The number of nitrogens with zero attached hydrogens (tertiary/aromatic N) is 1. The summed E-state index contributed by atoms with van der Waals surface area (Å²) in [6.45, 7) is -0.402. The molecule has 0 radical (unpaired) electrons. The summed E-state index contributed by atoms with van der Waals surface area (Å²) in [6, 6.07) is 4.04. The molecule has 1 aromatic rings. The Hall–Kier alpha value is -1.84. The molecule has 2 N–H and O–H groups in total. The number of terminal acetylenes is 1. The van der Waals surface area contributed by atoms with Crippen LogP contribution in [0.25, 0.3) is 0 Å². The topological polar surface area (TPSA) is 47.6 Å². The minimum Gasteiger partial charge on any atom is -0.464 e. The lowest BCUT2D eigenvalue weighted by Gasteiger charge is -2.13. The molecule has 21 heavy (non-hydrogen) atoms. The van der Waals surface area contributed by atoms with Crippen LogP contribution in [0.2, 0.25) is 10.0 Å². The molecule has 0 spiro atoms. The summed E-state index contributed by atoms with van der Waals surface area (Å²) >= 11 is 11.5. The Balaban J connectivity index is 3.30. The molecule has 0 saturated heterocycles. The minimum absolute atomic E-state index is 0.0723. The van der Waals surface area contributed by atoms with Crippen molar-refractivity contribution in [1.82, 2.24) is 0 Å². The Morgan fingerprint density at radius 1 is 1.33 bits per heavy atom. The van der Waals surface area contributed by atoms with E-state index in [1.165, 1.54) is 18.2 Å². The van der Waals surface area contributed by atoms with Gasteiger partial charge >= 0.3 is 6.18 Å². The van der Waals surface area contributed by atoms with Crippen LogP contribution >= 0.6 is 23.2 Å². The zero-order valence-electron chi connectivity index (χ0n) is 10.4. The van der Waals surface area contributed by atoms with Gasteiger partial charge in [-0.2, -0.15) is 13.2 Å². The van der Waals surface area contributed by atoms with Gasteiger partial charge in [-0.25, -0.2) is 4.99 Å². The summed E-state index contributed by atoms with van der Waals surface area (Å²) < 4.78 is 43.4. The van der Waals surface area contributed by atoms with Gasteiger partial charge < -0.3 is 10.5 Å². The fraction of sp³-hybridized carbons (Fsp3) is 0.154. The first-order valence-corrected chi connectivity index (χ1v) is 6.14. The maximum Gasteiger partial charge on any atom is 0.422 e. The fourth-order valence-corrected chi connectivity index (χ4v) is 1.80. The highest BCUT2D eigenvalue weighted by atomic mass is 35.5. The van der Waals surface area contributed by atoms with E-state index in [4.69, 9.17) is 40.1 Å². The van der Waals surface area contributed by atoms with Gasteiger partial charge in [0.1, 0.15) is 5.57 Å². The van der Waals surface area contributed by atoms with E-state index in [0.29, 0.717) is 6.20 Å². The fourth-order valence-electron chi connectivity index (χ4n) is 1.29. The van der Waals surface area contributed by atoms with Crippen LogP contribution in [0, 0.1) is 12.3 Å². The normalized spacial score (nSPS) is 13.0. The Morgan fingerprint density at radius 3 is 2.33 bits per heavy atom. The lowest BCUT2D eigenvalue weighted by molar-refractivity contribution is -0.0878. The van der Waals surface area contributed by atoms with Crippen molar-refractivity contribution in [2.24, 2.45) is 10.7 Å². The average Bonchev–Trinajstić information content (AvgIpc) is 2.33. The maximum atomic E-state index is 12.8. The van der Waals surface area contributed by atoms with Gasteiger partial charge in [-0.1, -0.05) is 29.1 Å². The van der Waals surface area contributed by atoms with E-state index in [1.807, 2.05) is 5.92 Å². The molecule has 112 valence electrons. The Morgan fingerprint density at radius 2 is 1.90 bits per heavy atom. The third-order valence-corrected chi connectivity index (χ3v) is 2.51. The van der Waals surface area contributed by atoms with Gasteiger partial charge in [-0.3, -0.25) is 0 Å². The van der Waals surface area contributed by atoms with E-state index in [9.17, 15) is 13.2 Å². The van der Waals surface area contributed by atoms with Crippen LogP contribution < -0.4 is 5.73 Å². The first-order chi connectivity index (χ1) is 9.77. The lowest BCUT2D eigenvalue weighted by atomic mass is 10.2. The highest BCUT2D eigenvalue weighted by Crippen LogP contribution is 2.30. The molecule has 0 aliphatic carbocycles. The summed E-state index contributed by atoms with van der Waals surface area (Å²) in [5.74, 6) is 1.28. The number of halogens is 5. The van der Waals surface area contributed by atoms with Crippen molar-refractivity contribution in [3.63, 3.8) is 0 Å². The van der Waals surface area contributed by atoms with Gasteiger partial charge in [0.2, 0.25) is 5.90 Å². The average molecular weight is 337 g/mol. The van der Waals surface area contributed by atoms with Gasteiger partial charge in [0.15, 0.2) is 6.61 Å². The third-order valence-electron chi connectivity index (χ3n) is 2.07. The van der Waals surface area contributed by atoms with Gasteiger partial charge in [-0.15, -0.1) is 6.42 Å². The standard InChI is InChI=1S/C13H9Cl2F3N2O/c1-2-3-21-12(11(7-19)13(16,17)18)20-10-5-8(14)4-9(15)6-10/h1,4-7H,3,19H2. The number of rotatable bonds is 3. The van der Waals surface area contributed by atoms with Gasteiger partial charge in [-0.05, 0) is 18.2 Å². The van der Waals surface area contributed by atoms with E-state index >= 15 is 0 Å². The summed E-state index contributed by atoms with van der Waals surface area (Å²) in [7, 11) is 0. The highest BCUT2D eigenvalue weighted by molar-refractivity contribution is 6.35. The second-order valence-electron chi connectivity index (χ2n) is 3.62. The van der Waals surface area contributed by atoms with Crippen LogP contribution in [0.5, 0.6) is 0 Å². The monoisotopic (exact) mass is 336 g/mol. The predicted molar refractivity (Wildman–Crippen MR) is 76.7 cm³/mol. The second kappa shape index (κ2) is 7.25. The summed E-state index contributed by atoms with van der Waals surface area (Å²) in [6.07, 6.45) is 0.568. The molecule has 1 rings (SSSR count). The number of nitrogens with two attached hydrogens (primary N) is 1. The second-order valence-corrected chi connectivity index (χ2v) is 4.49. The van der Waals surface area contributed by atoms with E-state index < -0.39 is 24.3 Å². The molecule has 0 saturated carbocycles. The Kier molecular flexibility index (Phi) is 5.94. The Labute approximate surface area is 129 Å². The van der Waals surface area contributed by atoms with Crippen molar-refractivity contribution < 1.29 is 17.9 Å². The molecule has 0 aliphatic heterocycles. The third kappa shape index (κ3) is 5.21. The van der Waals surface area contributed by atoms with Crippen molar-refractivity contribution in [1.29, 1.82) is 0 Å². The molecule has 1 aromatic carbocycles. The maximum absolute atomic E-state index is 12.8. The molecule has 8 heteroatoms. The van der Waals surface area contributed by atoms with Crippen LogP contribution in [-0.2, 0) is 4.74 Å². The van der Waals surface area contributed by atoms with E-state index in [0.717, 1.165) is 0 Å². The smallest absolute Gasteiger partial charge is 0.422 e. The van der Waals surface area contributed by atoms with Crippen LogP contribution in [0.4, 0.5) is 18.9 Å². The number of aliphatic imine (C=N–C) groups is 1. The van der Waals surface area contributed by atoms with Crippen LogP contribution in [-0.4, -0.2) is 18.7 Å². The first kappa shape index (κ1) is 17.2. The van der Waals surface area contributed by atoms with Crippen molar-refractivity contribution in [3.05, 3.63) is 40.0 Å². The zero-order chi connectivity index (χ0) is 16.0. The van der Waals surface area contributed by atoms with Crippen LogP contribution in [0.1, 0.15) is 0 Å². The molecule has 0 amide bonds. The quantitative estimate of drug-likeness (QED) is 0.513. The molecular weight excluding hydrogens is 328 g/mol. The van der Waals surface area contributed by atoms with Gasteiger partial charge in [0.25, 0.3) is 0 Å². The van der Waals surface area contributed by atoms with Crippen molar-refractivity contribution in [3.8, 4) is 12.3 Å². The number of ether oxygens (including phenoxy) is 1. The number of hydrogen-bond acceptors (Lipinski definition) is 3. The predicted octanol–water partition coefficient (Wildman–Crippen LogP) is 4.08. The van der Waals surface area contributed by atoms with Gasteiger partial charge in [0.05, 0.1) is 5.69 Å². The molecule has 0 atom stereocenters. The van der Waals surface area contributed by atoms with E-state index in [2.05, 4.69) is 4.99 Å². The molecule has 0 fully saturated rings. The highest BCUT2D eigenvalue weighted by Gasteiger charge is 2.38.